The van der Waals surface area contributed by atoms with Gasteiger partial charge in [-0.05, 0) is 43.2 Å². The van der Waals surface area contributed by atoms with Gasteiger partial charge in [-0.1, -0.05) is 13.3 Å². The molecule has 0 saturated heterocycles. The van der Waals surface area contributed by atoms with E-state index in [-0.39, 0.29) is 0 Å². The van der Waals surface area contributed by atoms with Crippen molar-refractivity contribution in [2.75, 3.05) is 0 Å². The Morgan fingerprint density at radius 2 is 2.12 bits per heavy atom. The zero-order valence-corrected chi connectivity index (χ0v) is 9.95. The van der Waals surface area contributed by atoms with Crippen molar-refractivity contribution < 1.29 is 9.21 Å². The Morgan fingerprint density at radius 1 is 1.38 bits per heavy atom. The van der Waals surface area contributed by atoms with Crippen molar-refractivity contribution in [3.05, 3.63) is 24.2 Å². The van der Waals surface area contributed by atoms with Gasteiger partial charge in [0.1, 0.15) is 5.78 Å². The normalized spacial score (nSPS) is 25.6. The molecule has 1 aromatic rings. The average molecular weight is 220 g/mol. The smallest absolute Gasteiger partial charge is 0.140 e. The molecule has 0 unspecified atom stereocenters. The first-order valence-electron chi connectivity index (χ1n) is 6.33. The number of ketones is 1. The SMILES string of the molecule is CCC1CCC(C(=O)Cc2ccoc2)CC1. The third-order valence-corrected chi connectivity index (χ3v) is 3.84. The highest BCUT2D eigenvalue weighted by Gasteiger charge is 2.25. The van der Waals surface area contributed by atoms with Crippen molar-refractivity contribution in [1.29, 1.82) is 0 Å². The van der Waals surface area contributed by atoms with Crippen LogP contribution in [-0.2, 0) is 11.2 Å². The molecule has 16 heavy (non-hydrogen) atoms. The Balaban J connectivity index is 1.82. The van der Waals surface area contributed by atoms with E-state index >= 15 is 0 Å². The minimum atomic E-state index is 0.303. The van der Waals surface area contributed by atoms with Crippen LogP contribution in [0.1, 0.15) is 44.6 Å². The van der Waals surface area contributed by atoms with Crippen LogP contribution in [0.25, 0.3) is 0 Å². The Bertz CT molecular complexity index is 319. The molecule has 2 rings (SSSR count). The number of Topliss-reactive ketones (excluding diaryl/α,β-unsaturated/α-hetero) is 1. The van der Waals surface area contributed by atoms with Crippen LogP contribution < -0.4 is 0 Å². The first kappa shape index (κ1) is 11.4. The fourth-order valence-electron chi connectivity index (χ4n) is 2.63. The Kier molecular flexibility index (Phi) is 3.81. The predicted molar refractivity (Wildman–Crippen MR) is 63.2 cm³/mol. The summed E-state index contributed by atoms with van der Waals surface area (Å²) in [5, 5.41) is 0. The second-order valence-corrected chi connectivity index (χ2v) is 4.90. The molecule has 1 saturated carbocycles. The van der Waals surface area contributed by atoms with Gasteiger partial charge in [0.15, 0.2) is 0 Å². The van der Waals surface area contributed by atoms with Crippen molar-refractivity contribution in [3.8, 4) is 0 Å². The van der Waals surface area contributed by atoms with Gasteiger partial charge >= 0.3 is 0 Å². The fraction of sp³-hybridized carbons (Fsp3) is 0.643. The first-order chi connectivity index (χ1) is 7.79. The van der Waals surface area contributed by atoms with Gasteiger partial charge < -0.3 is 4.42 Å². The van der Waals surface area contributed by atoms with Crippen LogP contribution in [0, 0.1) is 11.8 Å². The number of hydrogen-bond acceptors (Lipinski definition) is 2. The zero-order chi connectivity index (χ0) is 11.4. The van der Waals surface area contributed by atoms with Gasteiger partial charge in [0.05, 0.1) is 12.5 Å². The zero-order valence-electron chi connectivity index (χ0n) is 9.95. The minimum absolute atomic E-state index is 0.303. The van der Waals surface area contributed by atoms with E-state index in [2.05, 4.69) is 6.92 Å². The second kappa shape index (κ2) is 5.33. The lowest BCUT2D eigenvalue weighted by Crippen LogP contribution is -2.22. The van der Waals surface area contributed by atoms with E-state index in [1.54, 1.807) is 12.5 Å². The number of hydrogen-bond donors (Lipinski definition) is 0. The van der Waals surface area contributed by atoms with Gasteiger partial charge in [-0.3, -0.25) is 4.79 Å². The summed E-state index contributed by atoms with van der Waals surface area (Å²) in [4.78, 5) is 12.0. The first-order valence-corrected chi connectivity index (χ1v) is 6.33. The molecule has 0 amide bonds. The molecule has 88 valence electrons. The highest BCUT2D eigenvalue weighted by Crippen LogP contribution is 2.31. The summed E-state index contributed by atoms with van der Waals surface area (Å²) in [6, 6.07) is 1.88. The van der Waals surface area contributed by atoms with Crippen LogP contribution >= 0.6 is 0 Å². The van der Waals surface area contributed by atoms with Gasteiger partial charge in [-0.25, -0.2) is 0 Å². The number of furan rings is 1. The molecule has 0 aliphatic heterocycles. The molecule has 2 nitrogen and oxygen atoms in total. The van der Waals surface area contributed by atoms with Crippen molar-refractivity contribution in [3.63, 3.8) is 0 Å². The summed E-state index contributed by atoms with van der Waals surface area (Å²) in [6.45, 7) is 2.25. The summed E-state index contributed by atoms with van der Waals surface area (Å²) in [5.74, 6) is 1.56. The average Bonchev–Trinajstić information content (AvgIpc) is 2.82. The molecule has 0 N–H and O–H groups in total. The van der Waals surface area contributed by atoms with Crippen LogP contribution in [0.4, 0.5) is 0 Å². The number of rotatable bonds is 4. The van der Waals surface area contributed by atoms with E-state index in [9.17, 15) is 4.79 Å². The summed E-state index contributed by atoms with van der Waals surface area (Å²) < 4.78 is 4.98. The van der Waals surface area contributed by atoms with Crippen molar-refractivity contribution in [1.82, 2.24) is 0 Å². The molecule has 0 spiro atoms. The van der Waals surface area contributed by atoms with E-state index < -0.39 is 0 Å². The third kappa shape index (κ3) is 2.75. The molecule has 1 aliphatic carbocycles. The molecule has 1 aromatic heterocycles. The van der Waals surface area contributed by atoms with Crippen LogP contribution in [0.15, 0.2) is 23.0 Å². The minimum Gasteiger partial charge on any atom is -0.472 e. The van der Waals surface area contributed by atoms with Crippen LogP contribution in [0.2, 0.25) is 0 Å². The van der Waals surface area contributed by atoms with Gasteiger partial charge in [0.2, 0.25) is 0 Å². The number of carbonyl (C=O) groups excluding carboxylic acids is 1. The molecule has 1 heterocycles. The van der Waals surface area contributed by atoms with E-state index in [4.69, 9.17) is 4.42 Å². The van der Waals surface area contributed by atoms with Gasteiger partial charge in [-0.2, -0.15) is 0 Å². The molecule has 0 radical (unpaired) electrons. The second-order valence-electron chi connectivity index (χ2n) is 4.90. The standard InChI is InChI=1S/C14H20O2/c1-2-11-3-5-13(6-4-11)14(15)9-12-7-8-16-10-12/h7-8,10-11,13H,2-6,9H2,1H3. The molecular formula is C14H20O2. The highest BCUT2D eigenvalue weighted by atomic mass is 16.3. The lowest BCUT2D eigenvalue weighted by Gasteiger charge is -2.26. The maximum Gasteiger partial charge on any atom is 0.140 e. The summed E-state index contributed by atoms with van der Waals surface area (Å²) >= 11 is 0. The Morgan fingerprint density at radius 3 is 2.69 bits per heavy atom. The quantitative estimate of drug-likeness (QED) is 0.776. The maximum atomic E-state index is 12.0. The largest absolute Gasteiger partial charge is 0.472 e. The van der Waals surface area contributed by atoms with Crippen molar-refractivity contribution in [2.45, 2.75) is 45.4 Å². The predicted octanol–water partition coefficient (Wildman–Crippen LogP) is 3.61. The van der Waals surface area contributed by atoms with Gasteiger partial charge in [-0.15, -0.1) is 0 Å². The molecular weight excluding hydrogens is 200 g/mol. The molecule has 1 aliphatic rings. The summed E-state index contributed by atoms with van der Waals surface area (Å²) in [7, 11) is 0. The van der Waals surface area contributed by atoms with Crippen LogP contribution in [0.3, 0.4) is 0 Å². The van der Waals surface area contributed by atoms with E-state index in [0.717, 1.165) is 24.3 Å². The lowest BCUT2D eigenvalue weighted by atomic mass is 9.78. The monoisotopic (exact) mass is 220 g/mol. The van der Waals surface area contributed by atoms with Crippen LogP contribution in [-0.4, -0.2) is 5.78 Å². The fourth-order valence-corrected chi connectivity index (χ4v) is 2.63. The highest BCUT2D eigenvalue weighted by molar-refractivity contribution is 5.83. The van der Waals surface area contributed by atoms with Gasteiger partial charge in [0.25, 0.3) is 0 Å². The molecule has 0 bridgehead atoms. The third-order valence-electron chi connectivity index (χ3n) is 3.84. The Labute approximate surface area is 97.0 Å². The summed E-state index contributed by atoms with van der Waals surface area (Å²) in [6.07, 6.45) is 9.79. The van der Waals surface area contributed by atoms with Gasteiger partial charge in [0, 0.05) is 12.3 Å². The topological polar surface area (TPSA) is 30.2 Å². The van der Waals surface area contributed by atoms with Crippen molar-refractivity contribution in [2.24, 2.45) is 11.8 Å². The van der Waals surface area contributed by atoms with E-state index in [0.29, 0.717) is 18.1 Å². The Hall–Kier alpha value is -1.05. The molecule has 0 atom stereocenters. The van der Waals surface area contributed by atoms with Crippen LogP contribution in [0.5, 0.6) is 0 Å². The molecule has 2 heteroatoms. The van der Waals surface area contributed by atoms with E-state index in [1.165, 1.54) is 19.3 Å². The maximum absolute atomic E-state index is 12.0. The molecule has 0 aromatic carbocycles. The van der Waals surface area contributed by atoms with E-state index in [1.807, 2.05) is 6.07 Å². The summed E-state index contributed by atoms with van der Waals surface area (Å²) in [5.41, 5.74) is 1.02. The lowest BCUT2D eigenvalue weighted by molar-refractivity contribution is -0.123. The van der Waals surface area contributed by atoms with Crippen molar-refractivity contribution >= 4 is 5.78 Å². The molecule has 1 fully saturated rings. The number of carbonyl (C=O) groups is 1.